The van der Waals surface area contributed by atoms with Crippen LogP contribution < -0.4 is 10.7 Å². The number of hydrazone groups is 1. The van der Waals surface area contributed by atoms with Gasteiger partial charge in [-0.1, -0.05) is 38.1 Å². The van der Waals surface area contributed by atoms with Crippen molar-refractivity contribution in [3.05, 3.63) is 87.0 Å². The fourth-order valence-electron chi connectivity index (χ4n) is 5.06. The van der Waals surface area contributed by atoms with Crippen LogP contribution in [0.3, 0.4) is 0 Å². The molecule has 0 unspecified atom stereocenters. The molecule has 1 aromatic heterocycles. The van der Waals surface area contributed by atoms with Gasteiger partial charge in [-0.2, -0.15) is 5.10 Å². The lowest BCUT2D eigenvalue weighted by atomic mass is 9.95. The van der Waals surface area contributed by atoms with E-state index < -0.39 is 5.91 Å². The van der Waals surface area contributed by atoms with Crippen molar-refractivity contribution in [1.29, 1.82) is 0 Å². The number of benzene rings is 2. The smallest absolute Gasteiger partial charge is 0.274 e. The molecule has 0 spiro atoms. The second-order valence-electron chi connectivity index (χ2n) is 10.3. The van der Waals surface area contributed by atoms with Gasteiger partial charge in [0.15, 0.2) is 0 Å². The van der Waals surface area contributed by atoms with E-state index in [0.717, 1.165) is 61.3 Å². The first kappa shape index (κ1) is 31.1. The maximum Gasteiger partial charge on any atom is 0.274 e. The summed E-state index contributed by atoms with van der Waals surface area (Å²) in [4.78, 5) is 44.2. The zero-order chi connectivity index (χ0) is 30.1. The molecule has 8 nitrogen and oxygen atoms in total. The molecule has 0 bridgehead atoms. The van der Waals surface area contributed by atoms with Crippen molar-refractivity contribution < 1.29 is 18.8 Å². The number of fused-ring (bicyclic) bond motifs is 1. The molecule has 4 rings (SSSR count). The molecule has 10 heteroatoms. The van der Waals surface area contributed by atoms with Crippen molar-refractivity contribution in [2.45, 2.75) is 53.0 Å². The lowest BCUT2D eigenvalue weighted by Gasteiger charge is -2.25. The van der Waals surface area contributed by atoms with E-state index in [9.17, 15) is 18.8 Å². The van der Waals surface area contributed by atoms with Crippen LogP contribution in [-0.2, 0) is 24.2 Å². The highest BCUT2D eigenvalue weighted by molar-refractivity contribution is 7.17. The van der Waals surface area contributed by atoms with Crippen LogP contribution in [0.2, 0.25) is 0 Å². The van der Waals surface area contributed by atoms with Crippen molar-refractivity contribution in [2.24, 2.45) is 5.10 Å². The van der Waals surface area contributed by atoms with Gasteiger partial charge in [-0.3, -0.25) is 14.4 Å². The molecule has 0 fully saturated rings. The van der Waals surface area contributed by atoms with E-state index in [0.29, 0.717) is 34.8 Å². The number of hydrogen-bond donors (Lipinski definition) is 2. The molecule has 0 aliphatic heterocycles. The Morgan fingerprint density at radius 3 is 2.50 bits per heavy atom. The summed E-state index contributed by atoms with van der Waals surface area (Å²) in [5, 5.41) is 7.48. The van der Waals surface area contributed by atoms with Gasteiger partial charge in [0.05, 0.1) is 11.8 Å². The average Bonchev–Trinajstić information content (AvgIpc) is 3.35. The molecule has 1 aliphatic carbocycles. The van der Waals surface area contributed by atoms with Crippen molar-refractivity contribution in [2.75, 3.05) is 31.5 Å². The lowest BCUT2D eigenvalue weighted by molar-refractivity contribution is -0.129. The number of hydrogen-bond acceptors (Lipinski definition) is 6. The molecule has 2 N–H and O–H groups in total. The minimum atomic E-state index is -0.420. The summed E-state index contributed by atoms with van der Waals surface area (Å²) < 4.78 is 13.5. The topological polar surface area (TPSA) is 94.1 Å². The van der Waals surface area contributed by atoms with Gasteiger partial charge < -0.3 is 15.1 Å². The number of carbonyl (C=O) groups is 3. The summed E-state index contributed by atoms with van der Waals surface area (Å²) in [6, 6.07) is 13.1. The summed E-state index contributed by atoms with van der Waals surface area (Å²) in [7, 11) is 0. The van der Waals surface area contributed by atoms with Crippen LogP contribution in [-0.4, -0.2) is 59.9 Å². The minimum absolute atomic E-state index is 0.0168. The van der Waals surface area contributed by atoms with E-state index >= 15 is 0 Å². The molecule has 0 saturated carbocycles. The first-order chi connectivity index (χ1) is 20.3. The minimum Gasteiger partial charge on any atom is -0.337 e. The fourth-order valence-corrected chi connectivity index (χ4v) is 6.34. The molecular weight excluding hydrogens is 553 g/mol. The Balaban J connectivity index is 1.49. The van der Waals surface area contributed by atoms with Gasteiger partial charge in [-0.15, -0.1) is 11.3 Å². The second kappa shape index (κ2) is 14.8. The van der Waals surface area contributed by atoms with Crippen molar-refractivity contribution >= 4 is 40.3 Å². The first-order valence-corrected chi connectivity index (χ1v) is 15.2. The molecular formula is C32H38FN5O3S. The average molecular weight is 592 g/mol. The third-order valence-corrected chi connectivity index (χ3v) is 8.65. The van der Waals surface area contributed by atoms with Crippen molar-refractivity contribution in [3.8, 4) is 0 Å². The van der Waals surface area contributed by atoms with Crippen LogP contribution in [0.4, 0.5) is 9.39 Å². The molecule has 0 saturated heterocycles. The second-order valence-corrected chi connectivity index (χ2v) is 11.4. The number of amides is 3. The van der Waals surface area contributed by atoms with Gasteiger partial charge in [-0.25, -0.2) is 9.82 Å². The highest BCUT2D eigenvalue weighted by atomic mass is 32.1. The van der Waals surface area contributed by atoms with Crippen LogP contribution >= 0.6 is 11.3 Å². The number of nitrogens with one attached hydrogen (secondary N) is 2. The standard InChI is InChI=1S/C32H38FN5O3S/c1-4-37(5-2)16-17-38(22(3)39)21-24-11-8-12-25(18-24)30(40)35-32-29(27-14-6-7-15-28(27)42-32)31(41)36-34-20-23-10-9-13-26(33)19-23/h8-13,18-20H,4-7,14-17,21H2,1-3H3,(H,35,40)(H,36,41). The van der Waals surface area contributed by atoms with Crippen LogP contribution in [0.15, 0.2) is 53.6 Å². The van der Waals surface area contributed by atoms with Crippen LogP contribution in [0.25, 0.3) is 0 Å². The third-order valence-electron chi connectivity index (χ3n) is 7.44. The predicted molar refractivity (Wildman–Crippen MR) is 166 cm³/mol. The number of thiophene rings is 1. The largest absolute Gasteiger partial charge is 0.337 e. The number of likely N-dealkylation sites (N-methyl/N-ethyl adjacent to an activating group) is 1. The van der Waals surface area contributed by atoms with Gasteiger partial charge in [0, 0.05) is 37.0 Å². The van der Waals surface area contributed by atoms with Gasteiger partial charge in [0.1, 0.15) is 10.8 Å². The first-order valence-electron chi connectivity index (χ1n) is 14.4. The van der Waals surface area contributed by atoms with Crippen LogP contribution in [0, 0.1) is 5.82 Å². The molecule has 1 heterocycles. The predicted octanol–water partition coefficient (Wildman–Crippen LogP) is 5.47. The Morgan fingerprint density at radius 2 is 1.76 bits per heavy atom. The Morgan fingerprint density at radius 1 is 1.00 bits per heavy atom. The highest BCUT2D eigenvalue weighted by Crippen LogP contribution is 2.38. The van der Waals surface area contributed by atoms with Crippen LogP contribution in [0.1, 0.15) is 75.9 Å². The van der Waals surface area contributed by atoms with Gasteiger partial charge >= 0.3 is 0 Å². The maximum atomic E-state index is 13.5. The number of carbonyl (C=O) groups excluding carboxylic acids is 3. The SMILES string of the molecule is CCN(CC)CCN(Cc1cccc(C(=O)Nc2sc3c(c2C(=O)NN=Cc2cccc(F)c2)CCCC3)c1)C(C)=O. The maximum absolute atomic E-state index is 13.5. The Hall–Kier alpha value is -3.89. The number of rotatable bonds is 12. The quantitative estimate of drug-likeness (QED) is 0.216. The zero-order valence-corrected chi connectivity index (χ0v) is 25.2. The van der Waals surface area contributed by atoms with E-state index in [2.05, 4.69) is 34.6 Å². The molecule has 2 aromatic carbocycles. The molecule has 1 aliphatic rings. The van der Waals surface area contributed by atoms with Gasteiger partial charge in [-0.05, 0) is 79.7 Å². The Labute approximate surface area is 250 Å². The number of aryl methyl sites for hydroxylation is 1. The Kier molecular flexibility index (Phi) is 11.0. The van der Waals surface area contributed by atoms with Crippen molar-refractivity contribution in [3.63, 3.8) is 0 Å². The summed E-state index contributed by atoms with van der Waals surface area (Å²) in [5.74, 6) is -1.15. The molecule has 0 radical (unpaired) electrons. The van der Waals surface area contributed by atoms with Gasteiger partial charge in [0.25, 0.3) is 11.8 Å². The fraction of sp³-hybridized carbons (Fsp3) is 0.375. The van der Waals surface area contributed by atoms with E-state index in [1.165, 1.54) is 29.7 Å². The zero-order valence-electron chi connectivity index (χ0n) is 24.4. The summed E-state index contributed by atoms with van der Waals surface area (Å²) in [6.07, 6.45) is 4.99. The molecule has 3 amide bonds. The number of nitrogens with zero attached hydrogens (tertiary/aromatic N) is 3. The molecule has 3 aromatic rings. The third kappa shape index (κ3) is 8.10. The summed E-state index contributed by atoms with van der Waals surface area (Å²) in [6.45, 7) is 9.40. The monoisotopic (exact) mass is 591 g/mol. The summed E-state index contributed by atoms with van der Waals surface area (Å²) in [5.41, 5.74) is 5.74. The van der Waals surface area contributed by atoms with Gasteiger partial charge in [0.2, 0.25) is 5.91 Å². The lowest BCUT2D eigenvalue weighted by Crippen LogP contribution is -2.37. The van der Waals surface area contributed by atoms with E-state index in [-0.39, 0.29) is 17.6 Å². The molecule has 222 valence electrons. The highest BCUT2D eigenvalue weighted by Gasteiger charge is 2.26. The molecule has 42 heavy (non-hydrogen) atoms. The number of anilines is 1. The summed E-state index contributed by atoms with van der Waals surface area (Å²) >= 11 is 1.43. The number of halogens is 1. The van der Waals surface area contributed by atoms with Crippen LogP contribution in [0.5, 0.6) is 0 Å². The molecule has 0 atom stereocenters. The van der Waals surface area contributed by atoms with Crippen molar-refractivity contribution in [1.82, 2.24) is 15.2 Å². The van der Waals surface area contributed by atoms with E-state index in [1.807, 2.05) is 6.07 Å². The van der Waals surface area contributed by atoms with E-state index in [1.54, 1.807) is 42.2 Å². The van der Waals surface area contributed by atoms with E-state index in [4.69, 9.17) is 0 Å². The normalized spacial score (nSPS) is 12.8. The Bertz CT molecular complexity index is 1450.